The molecule has 1 fully saturated rings. The van der Waals surface area contributed by atoms with Gasteiger partial charge in [-0.25, -0.2) is 13.2 Å². The third-order valence-electron chi connectivity index (χ3n) is 11.4. The number of nitro benzene ring substituents is 1. The standard InChI is InChI=1S/C48H52ClN7O6S2/c1-5-55-33(2)45(48(57)58)46(47(55)35-11-15-36(49)16-12-35)34-13-19-39(20-14-34)53-27-29-54(30-28-53)40-21-17-37(18-22-40)51-64(61,62)42-23-24-43(44(31-42)56(59)60)50-38(25-26-52(3)4)32-63-41-9-7-6-8-10-41/h6-24,31,38,50-51H,5,25-30,32H2,1-4H3,(H,57,58)/t38-/m1/s1. The van der Waals surface area contributed by atoms with Crippen molar-refractivity contribution in [3.05, 3.63) is 148 Å². The molecule has 1 aliphatic heterocycles. The maximum Gasteiger partial charge on any atom is 0.338 e. The van der Waals surface area contributed by atoms with Crippen molar-refractivity contribution in [2.75, 3.05) is 72.4 Å². The van der Waals surface area contributed by atoms with Crippen LogP contribution in [0.5, 0.6) is 0 Å². The van der Waals surface area contributed by atoms with Gasteiger partial charge in [0.1, 0.15) is 5.69 Å². The Morgan fingerprint density at radius 3 is 2.03 bits per heavy atom. The number of nitrogens with zero attached hydrogens (tertiary/aromatic N) is 5. The number of carboxylic acids is 1. The molecular weight excluding hydrogens is 870 g/mol. The minimum atomic E-state index is -4.15. The lowest BCUT2D eigenvalue weighted by atomic mass is 9.96. The number of halogens is 1. The van der Waals surface area contributed by atoms with E-state index in [9.17, 15) is 28.4 Å². The Morgan fingerprint density at radius 1 is 0.875 bits per heavy atom. The van der Waals surface area contributed by atoms with Crippen LogP contribution in [0.3, 0.4) is 0 Å². The second-order valence-corrected chi connectivity index (χ2v) is 19.1. The molecule has 13 nitrogen and oxygen atoms in total. The Hall–Kier alpha value is -6.00. The zero-order valence-electron chi connectivity index (χ0n) is 36.2. The van der Waals surface area contributed by atoms with E-state index in [1.165, 1.54) is 12.1 Å². The molecule has 7 rings (SSSR count). The van der Waals surface area contributed by atoms with Crippen molar-refractivity contribution in [3.8, 4) is 22.4 Å². The molecule has 2 heterocycles. The van der Waals surface area contributed by atoms with E-state index in [4.69, 9.17) is 11.6 Å². The molecule has 0 amide bonds. The fraction of sp³-hybridized carbons (Fsp3) is 0.271. The van der Waals surface area contributed by atoms with Crippen LogP contribution in [0.15, 0.2) is 131 Å². The summed E-state index contributed by atoms with van der Waals surface area (Å²) in [6.45, 7) is 8.15. The first-order valence-electron chi connectivity index (χ1n) is 21.1. The van der Waals surface area contributed by atoms with Crippen molar-refractivity contribution in [3.63, 3.8) is 0 Å². The molecule has 3 N–H and O–H groups in total. The number of hydrogen-bond acceptors (Lipinski definition) is 10. The second-order valence-electron chi connectivity index (χ2n) is 15.9. The number of benzene rings is 5. The predicted molar refractivity (Wildman–Crippen MR) is 260 cm³/mol. The van der Waals surface area contributed by atoms with Gasteiger partial charge in [0.25, 0.3) is 15.7 Å². The topological polar surface area (TPSA) is 153 Å². The lowest BCUT2D eigenvalue weighted by Gasteiger charge is -2.37. The van der Waals surface area contributed by atoms with E-state index in [2.05, 4.69) is 24.7 Å². The quantitative estimate of drug-likeness (QED) is 0.0429. The summed E-state index contributed by atoms with van der Waals surface area (Å²) in [5.41, 5.74) is 6.45. The van der Waals surface area contributed by atoms with E-state index >= 15 is 0 Å². The summed E-state index contributed by atoms with van der Waals surface area (Å²) >= 11 is 7.86. The van der Waals surface area contributed by atoms with E-state index in [-0.39, 0.29) is 27.9 Å². The first-order valence-corrected chi connectivity index (χ1v) is 23.9. The molecule has 0 bridgehead atoms. The van der Waals surface area contributed by atoms with Crippen LogP contribution in [-0.4, -0.2) is 92.5 Å². The van der Waals surface area contributed by atoms with Gasteiger partial charge in [0.15, 0.2) is 0 Å². The maximum atomic E-state index is 13.6. The van der Waals surface area contributed by atoms with E-state index in [0.717, 1.165) is 78.3 Å². The molecule has 1 aliphatic rings. The van der Waals surface area contributed by atoms with Gasteiger partial charge in [0, 0.05) is 88.8 Å². The fourth-order valence-corrected chi connectivity index (χ4v) is 10.3. The average Bonchev–Trinajstić information content (AvgIpc) is 3.59. The predicted octanol–water partition coefficient (Wildman–Crippen LogP) is 10.1. The number of rotatable bonds is 18. The second kappa shape index (κ2) is 20.2. The lowest BCUT2D eigenvalue weighted by molar-refractivity contribution is -0.384. The van der Waals surface area contributed by atoms with E-state index < -0.39 is 20.9 Å². The highest BCUT2D eigenvalue weighted by Crippen LogP contribution is 2.41. The minimum Gasteiger partial charge on any atom is -0.478 e. The SMILES string of the molecule is CCn1c(C)c(C(=O)O)c(-c2ccc(N3CCN(c4ccc(NS(=O)(=O)c5ccc(N[C@H](CCN(C)C)CSc6ccccc6)c([N+](=O)[O-])c5)cc4)CC3)cc2)c1-c1ccc(Cl)cc1. The number of sulfonamides is 1. The average molecular weight is 923 g/mol. The van der Waals surface area contributed by atoms with E-state index in [1.54, 1.807) is 23.9 Å². The van der Waals surface area contributed by atoms with Crippen molar-refractivity contribution in [1.82, 2.24) is 9.47 Å². The molecule has 64 heavy (non-hydrogen) atoms. The van der Waals surface area contributed by atoms with Crippen molar-refractivity contribution in [1.29, 1.82) is 0 Å². The maximum absolute atomic E-state index is 13.6. The summed E-state index contributed by atoms with van der Waals surface area (Å²) in [7, 11) is -0.206. The molecule has 16 heteroatoms. The largest absolute Gasteiger partial charge is 0.478 e. The lowest BCUT2D eigenvalue weighted by Crippen LogP contribution is -2.46. The van der Waals surface area contributed by atoms with Gasteiger partial charge in [0.05, 0.1) is 21.1 Å². The Balaban J connectivity index is 0.993. The number of piperazine rings is 1. The summed E-state index contributed by atoms with van der Waals surface area (Å²) in [6.07, 6.45) is 0.728. The number of aromatic nitrogens is 1. The first kappa shape index (κ1) is 46.0. The Bertz CT molecular complexity index is 2690. The summed E-state index contributed by atoms with van der Waals surface area (Å²) in [5, 5.41) is 26.5. The molecule has 1 aromatic heterocycles. The summed E-state index contributed by atoms with van der Waals surface area (Å²) in [6, 6.07) is 36.4. The number of thioether (sulfide) groups is 1. The van der Waals surface area contributed by atoms with Crippen LogP contribution in [0.2, 0.25) is 5.02 Å². The zero-order valence-corrected chi connectivity index (χ0v) is 38.6. The molecular formula is C48H52ClN7O6S2. The summed E-state index contributed by atoms with van der Waals surface area (Å²) < 4.78 is 31.8. The Morgan fingerprint density at radius 2 is 1.47 bits per heavy atom. The third-order valence-corrected chi connectivity index (χ3v) is 14.2. The molecule has 6 aromatic rings. The zero-order chi connectivity index (χ0) is 45.5. The number of carbonyl (C=O) groups is 1. The number of nitro groups is 1. The van der Waals surface area contributed by atoms with Crippen LogP contribution in [0, 0.1) is 17.0 Å². The normalized spacial score (nSPS) is 13.5. The van der Waals surface area contributed by atoms with Crippen molar-refractivity contribution < 1.29 is 23.2 Å². The van der Waals surface area contributed by atoms with Crippen LogP contribution in [-0.2, 0) is 16.6 Å². The molecule has 0 saturated carbocycles. The molecule has 1 saturated heterocycles. The molecule has 5 aromatic carbocycles. The van der Waals surface area contributed by atoms with Gasteiger partial charge in [0.2, 0.25) is 0 Å². The van der Waals surface area contributed by atoms with Gasteiger partial charge in [-0.1, -0.05) is 54.1 Å². The third kappa shape index (κ3) is 10.7. The smallest absolute Gasteiger partial charge is 0.338 e. The van der Waals surface area contributed by atoms with Crippen LogP contribution >= 0.6 is 23.4 Å². The highest BCUT2D eigenvalue weighted by Gasteiger charge is 2.28. The number of aromatic carboxylic acids is 1. The van der Waals surface area contributed by atoms with Gasteiger partial charge < -0.3 is 29.7 Å². The van der Waals surface area contributed by atoms with Crippen LogP contribution in [0.1, 0.15) is 29.4 Å². The number of anilines is 4. The molecule has 1 atom stereocenters. The van der Waals surface area contributed by atoms with E-state index in [1.807, 2.05) is 124 Å². The first-order chi connectivity index (χ1) is 30.7. The van der Waals surface area contributed by atoms with Crippen molar-refractivity contribution in [2.45, 2.75) is 42.6 Å². The highest BCUT2D eigenvalue weighted by molar-refractivity contribution is 7.99. The van der Waals surface area contributed by atoms with Gasteiger partial charge >= 0.3 is 5.97 Å². The Labute approximate surface area is 383 Å². The van der Waals surface area contributed by atoms with Gasteiger partial charge in [-0.05, 0) is 125 Å². The fourth-order valence-electron chi connectivity index (χ4n) is 8.10. The molecule has 334 valence electrons. The van der Waals surface area contributed by atoms with Crippen molar-refractivity contribution >= 4 is 67.8 Å². The van der Waals surface area contributed by atoms with E-state index in [0.29, 0.717) is 34.3 Å². The van der Waals surface area contributed by atoms with Gasteiger partial charge in [-0.15, -0.1) is 11.8 Å². The summed E-state index contributed by atoms with van der Waals surface area (Å²) in [4.78, 5) is 31.8. The molecule has 0 spiro atoms. The number of hydrogen-bond donors (Lipinski definition) is 3. The monoisotopic (exact) mass is 921 g/mol. The molecule has 0 aliphatic carbocycles. The minimum absolute atomic E-state index is 0.111. The highest BCUT2D eigenvalue weighted by atomic mass is 35.5. The molecule has 0 radical (unpaired) electrons. The van der Waals surface area contributed by atoms with Crippen molar-refractivity contribution in [2.24, 2.45) is 0 Å². The van der Waals surface area contributed by atoms with Gasteiger partial charge in [-0.3, -0.25) is 14.8 Å². The number of carboxylic acid groups (broad SMARTS) is 1. The van der Waals surface area contributed by atoms with Crippen LogP contribution in [0.4, 0.5) is 28.4 Å². The Kier molecular flexibility index (Phi) is 14.5. The summed E-state index contributed by atoms with van der Waals surface area (Å²) in [5.74, 6) is -0.309. The van der Waals surface area contributed by atoms with Gasteiger partial charge in [-0.2, -0.15) is 0 Å². The van der Waals surface area contributed by atoms with Crippen LogP contribution < -0.4 is 19.8 Å². The number of nitrogens with one attached hydrogen (secondary N) is 2. The molecule has 0 unspecified atom stereocenters. The van der Waals surface area contributed by atoms with Crippen LogP contribution in [0.25, 0.3) is 22.4 Å².